The second kappa shape index (κ2) is 6.33. The van der Waals surface area contributed by atoms with Crippen molar-refractivity contribution in [2.24, 2.45) is 0 Å². The Bertz CT molecular complexity index is 601. The SMILES string of the molecule is Cc1cccc(C(O)Cc2ccc(Br)cc2F)c1I. The van der Waals surface area contributed by atoms with Crippen molar-refractivity contribution in [2.75, 3.05) is 0 Å². The molecular formula is C15H13BrFIO. The van der Waals surface area contributed by atoms with Gasteiger partial charge in [-0.15, -0.1) is 0 Å². The summed E-state index contributed by atoms with van der Waals surface area (Å²) in [6.45, 7) is 2.00. The van der Waals surface area contributed by atoms with E-state index in [1.807, 2.05) is 25.1 Å². The predicted octanol–water partition coefficient (Wildman–Crippen LogP) is 4.78. The Kier molecular flexibility index (Phi) is 4.97. The molecule has 1 atom stereocenters. The number of hydrogen-bond acceptors (Lipinski definition) is 1. The Labute approximate surface area is 134 Å². The second-order valence-corrected chi connectivity index (χ2v) is 6.43. The number of aryl methyl sites for hydroxylation is 1. The van der Waals surface area contributed by atoms with E-state index < -0.39 is 6.10 Å². The lowest BCUT2D eigenvalue weighted by molar-refractivity contribution is 0.176. The van der Waals surface area contributed by atoms with Gasteiger partial charge in [-0.05, 0) is 58.3 Å². The van der Waals surface area contributed by atoms with E-state index >= 15 is 0 Å². The van der Waals surface area contributed by atoms with Crippen LogP contribution in [-0.4, -0.2) is 5.11 Å². The topological polar surface area (TPSA) is 20.2 Å². The Balaban J connectivity index is 2.25. The van der Waals surface area contributed by atoms with Crippen LogP contribution in [-0.2, 0) is 6.42 Å². The molecule has 0 saturated carbocycles. The number of aliphatic hydroxyl groups excluding tert-OH is 1. The third-order valence-corrected chi connectivity index (χ3v) is 4.98. The van der Waals surface area contributed by atoms with E-state index in [4.69, 9.17) is 0 Å². The molecule has 1 nitrogen and oxygen atoms in total. The van der Waals surface area contributed by atoms with Gasteiger partial charge in [0.25, 0.3) is 0 Å². The summed E-state index contributed by atoms with van der Waals surface area (Å²) in [5, 5.41) is 10.3. The van der Waals surface area contributed by atoms with E-state index in [-0.39, 0.29) is 12.2 Å². The predicted molar refractivity (Wildman–Crippen MR) is 86.7 cm³/mol. The Hall–Kier alpha value is -0.460. The molecule has 0 aliphatic carbocycles. The maximum Gasteiger partial charge on any atom is 0.127 e. The molecule has 0 amide bonds. The molecule has 0 aromatic heterocycles. The van der Waals surface area contributed by atoms with Crippen LogP contribution in [0.3, 0.4) is 0 Å². The van der Waals surface area contributed by atoms with Crippen LogP contribution in [0.2, 0.25) is 0 Å². The molecule has 0 aliphatic heterocycles. The highest BCUT2D eigenvalue weighted by Gasteiger charge is 2.15. The normalized spacial score (nSPS) is 12.5. The first-order chi connectivity index (χ1) is 8.99. The molecule has 0 radical (unpaired) electrons. The van der Waals surface area contributed by atoms with Crippen molar-refractivity contribution < 1.29 is 9.50 Å². The lowest BCUT2D eigenvalue weighted by Crippen LogP contribution is -2.06. The highest BCUT2D eigenvalue weighted by Crippen LogP contribution is 2.27. The van der Waals surface area contributed by atoms with Crippen LogP contribution in [0, 0.1) is 16.3 Å². The van der Waals surface area contributed by atoms with Crippen LogP contribution >= 0.6 is 38.5 Å². The van der Waals surface area contributed by atoms with Crippen molar-refractivity contribution in [1.82, 2.24) is 0 Å². The molecule has 0 aliphatic rings. The van der Waals surface area contributed by atoms with Gasteiger partial charge >= 0.3 is 0 Å². The molecule has 0 heterocycles. The molecule has 2 rings (SSSR count). The Morgan fingerprint density at radius 2 is 2.05 bits per heavy atom. The van der Waals surface area contributed by atoms with Gasteiger partial charge in [-0.25, -0.2) is 4.39 Å². The lowest BCUT2D eigenvalue weighted by Gasteiger charge is -2.15. The van der Waals surface area contributed by atoms with Gasteiger partial charge < -0.3 is 5.11 Å². The zero-order chi connectivity index (χ0) is 14.0. The summed E-state index contributed by atoms with van der Waals surface area (Å²) in [7, 11) is 0. The van der Waals surface area contributed by atoms with Crippen LogP contribution in [0.1, 0.15) is 22.8 Å². The van der Waals surface area contributed by atoms with Crippen molar-refractivity contribution in [3.8, 4) is 0 Å². The van der Waals surface area contributed by atoms with Gasteiger partial charge in [0.15, 0.2) is 0 Å². The smallest absolute Gasteiger partial charge is 0.127 e. The van der Waals surface area contributed by atoms with Crippen molar-refractivity contribution >= 4 is 38.5 Å². The standard InChI is InChI=1S/C15H13BrFIO/c1-9-3-2-4-12(15(9)18)14(19)7-10-5-6-11(16)8-13(10)17/h2-6,8,14,19H,7H2,1H3. The van der Waals surface area contributed by atoms with Crippen molar-refractivity contribution in [2.45, 2.75) is 19.4 Å². The molecule has 2 aromatic carbocycles. The minimum Gasteiger partial charge on any atom is -0.388 e. The van der Waals surface area contributed by atoms with Crippen LogP contribution < -0.4 is 0 Å². The number of hydrogen-bond donors (Lipinski definition) is 1. The third-order valence-electron chi connectivity index (χ3n) is 3.01. The highest BCUT2D eigenvalue weighted by molar-refractivity contribution is 14.1. The van der Waals surface area contributed by atoms with E-state index in [2.05, 4.69) is 38.5 Å². The zero-order valence-electron chi connectivity index (χ0n) is 10.3. The largest absolute Gasteiger partial charge is 0.388 e. The van der Waals surface area contributed by atoms with Crippen LogP contribution in [0.25, 0.3) is 0 Å². The molecule has 4 heteroatoms. The van der Waals surface area contributed by atoms with Gasteiger partial charge in [-0.2, -0.15) is 0 Å². The van der Waals surface area contributed by atoms with Gasteiger partial charge in [-0.3, -0.25) is 0 Å². The summed E-state index contributed by atoms with van der Waals surface area (Å²) < 4.78 is 15.5. The lowest BCUT2D eigenvalue weighted by atomic mass is 10.00. The molecule has 0 spiro atoms. The van der Waals surface area contributed by atoms with Crippen molar-refractivity contribution in [3.63, 3.8) is 0 Å². The van der Waals surface area contributed by atoms with E-state index in [1.54, 1.807) is 12.1 Å². The zero-order valence-corrected chi connectivity index (χ0v) is 14.1. The van der Waals surface area contributed by atoms with Gasteiger partial charge in [0, 0.05) is 14.5 Å². The quantitative estimate of drug-likeness (QED) is 0.689. The first-order valence-corrected chi connectivity index (χ1v) is 7.73. The maximum absolute atomic E-state index is 13.8. The summed E-state index contributed by atoms with van der Waals surface area (Å²) >= 11 is 5.44. The summed E-state index contributed by atoms with van der Waals surface area (Å²) in [5.74, 6) is -0.295. The summed E-state index contributed by atoms with van der Waals surface area (Å²) in [4.78, 5) is 0. The molecule has 19 heavy (non-hydrogen) atoms. The average Bonchev–Trinajstić information content (AvgIpc) is 2.36. The number of benzene rings is 2. The molecule has 1 N–H and O–H groups in total. The molecule has 2 aromatic rings. The summed E-state index contributed by atoms with van der Waals surface area (Å²) in [5.41, 5.74) is 2.49. The monoisotopic (exact) mass is 434 g/mol. The fourth-order valence-electron chi connectivity index (χ4n) is 1.93. The molecular weight excluding hydrogens is 422 g/mol. The second-order valence-electron chi connectivity index (χ2n) is 4.43. The van der Waals surface area contributed by atoms with Crippen molar-refractivity contribution in [1.29, 1.82) is 0 Å². The van der Waals surface area contributed by atoms with E-state index in [9.17, 15) is 9.50 Å². The van der Waals surface area contributed by atoms with Gasteiger partial charge in [0.2, 0.25) is 0 Å². The highest BCUT2D eigenvalue weighted by atomic mass is 127. The maximum atomic E-state index is 13.8. The number of rotatable bonds is 3. The van der Waals surface area contributed by atoms with Crippen LogP contribution in [0.4, 0.5) is 4.39 Å². The van der Waals surface area contributed by atoms with E-state index in [0.29, 0.717) is 10.0 Å². The first kappa shape index (κ1) is 14.9. The third kappa shape index (κ3) is 3.55. The molecule has 1 unspecified atom stereocenters. The van der Waals surface area contributed by atoms with Gasteiger partial charge in [0.05, 0.1) is 6.10 Å². The number of halogens is 3. The minimum atomic E-state index is -0.692. The van der Waals surface area contributed by atoms with E-state index in [1.165, 1.54) is 6.07 Å². The fourth-order valence-corrected chi connectivity index (χ4v) is 2.99. The summed E-state index contributed by atoms with van der Waals surface area (Å²) in [6, 6.07) is 10.7. The Morgan fingerprint density at radius 3 is 2.74 bits per heavy atom. The Morgan fingerprint density at radius 1 is 1.32 bits per heavy atom. The minimum absolute atomic E-state index is 0.276. The fraction of sp³-hybridized carbons (Fsp3) is 0.200. The van der Waals surface area contributed by atoms with Crippen molar-refractivity contribution in [3.05, 3.63) is 66.9 Å². The molecule has 0 bridgehead atoms. The van der Waals surface area contributed by atoms with Gasteiger partial charge in [-0.1, -0.05) is 40.2 Å². The van der Waals surface area contributed by atoms with Gasteiger partial charge in [0.1, 0.15) is 5.82 Å². The average molecular weight is 435 g/mol. The van der Waals surface area contributed by atoms with Crippen LogP contribution in [0.5, 0.6) is 0 Å². The number of aliphatic hydroxyl groups is 1. The molecule has 100 valence electrons. The molecule has 0 saturated heterocycles. The van der Waals surface area contributed by atoms with E-state index in [0.717, 1.165) is 14.7 Å². The summed E-state index contributed by atoms with van der Waals surface area (Å²) in [6.07, 6.45) is -0.416. The molecule has 0 fully saturated rings. The first-order valence-electron chi connectivity index (χ1n) is 5.86. The van der Waals surface area contributed by atoms with Crippen LogP contribution in [0.15, 0.2) is 40.9 Å².